The van der Waals surface area contributed by atoms with Crippen LogP contribution in [0.5, 0.6) is 0 Å². The number of hydrogen-bond donors (Lipinski definition) is 1. The number of piperazine rings is 1. The molecule has 25 heavy (non-hydrogen) atoms. The summed E-state index contributed by atoms with van der Waals surface area (Å²) in [5.74, 6) is 0.167. The number of urea groups is 1. The zero-order chi connectivity index (χ0) is 17.9. The molecule has 0 aliphatic carbocycles. The Hall–Kier alpha value is -1.16. The Morgan fingerprint density at radius 1 is 1.24 bits per heavy atom. The number of carbonyl (C=O) groups is 1. The van der Waals surface area contributed by atoms with Crippen LogP contribution in [0.25, 0.3) is 0 Å². The van der Waals surface area contributed by atoms with Gasteiger partial charge in [-0.2, -0.15) is 0 Å². The number of nitrogens with zero attached hydrogens (tertiary/aromatic N) is 3. The van der Waals surface area contributed by atoms with Gasteiger partial charge in [0.15, 0.2) is 0 Å². The molecule has 0 bridgehead atoms. The molecule has 2 saturated heterocycles. The van der Waals surface area contributed by atoms with Crippen molar-refractivity contribution in [1.82, 2.24) is 19.4 Å². The molecular weight excluding hydrogens is 360 g/mol. The third kappa shape index (κ3) is 4.72. The Morgan fingerprint density at radius 2 is 2.00 bits per heavy atom. The van der Waals surface area contributed by atoms with Crippen molar-refractivity contribution in [3.63, 3.8) is 0 Å². The summed E-state index contributed by atoms with van der Waals surface area (Å²) in [6.45, 7) is 5.11. The fourth-order valence-corrected chi connectivity index (χ4v) is 5.47. The van der Waals surface area contributed by atoms with Gasteiger partial charge in [0.1, 0.15) is 4.21 Å². The van der Waals surface area contributed by atoms with Crippen molar-refractivity contribution >= 4 is 27.4 Å². The molecule has 7 nitrogen and oxygen atoms in total. The maximum Gasteiger partial charge on any atom is 0.320 e. The Morgan fingerprint density at radius 3 is 2.68 bits per heavy atom. The number of likely N-dealkylation sites (tertiary alicyclic amines) is 1. The first kappa shape index (κ1) is 18.6. The van der Waals surface area contributed by atoms with Gasteiger partial charge in [0.2, 0.25) is 10.0 Å². The number of hydrogen-bond acceptors (Lipinski definition) is 5. The van der Waals surface area contributed by atoms with Crippen LogP contribution in [0.15, 0.2) is 21.7 Å². The first-order valence-electron chi connectivity index (χ1n) is 8.71. The Balaban J connectivity index is 1.52. The molecule has 3 heterocycles. The Labute approximate surface area is 153 Å². The molecule has 2 aliphatic rings. The molecule has 0 aromatic carbocycles. The number of nitrogens with one attached hydrogen (secondary N) is 1. The van der Waals surface area contributed by atoms with Crippen molar-refractivity contribution in [1.29, 1.82) is 0 Å². The third-order valence-electron chi connectivity index (χ3n) is 4.89. The maximum atomic E-state index is 12.7. The van der Waals surface area contributed by atoms with Gasteiger partial charge in [-0.3, -0.25) is 0 Å². The highest BCUT2D eigenvalue weighted by Gasteiger charge is 2.29. The second-order valence-electron chi connectivity index (χ2n) is 6.81. The van der Waals surface area contributed by atoms with Crippen LogP contribution in [0.3, 0.4) is 0 Å². The summed E-state index contributed by atoms with van der Waals surface area (Å²) in [6, 6.07) is 3.44. The SMILES string of the molecule is CN1CCN(C(=O)N2CCCC(CNS(=O)(=O)c3cccs3)C2)CC1. The second-order valence-corrected chi connectivity index (χ2v) is 9.75. The normalized spacial score (nSPS) is 23.0. The van der Waals surface area contributed by atoms with Gasteiger partial charge in [0.05, 0.1) is 0 Å². The number of piperidine rings is 1. The summed E-state index contributed by atoms with van der Waals surface area (Å²) in [6.07, 6.45) is 1.87. The summed E-state index contributed by atoms with van der Waals surface area (Å²) >= 11 is 1.22. The van der Waals surface area contributed by atoms with Gasteiger partial charge in [-0.15, -0.1) is 11.3 Å². The van der Waals surface area contributed by atoms with Crippen LogP contribution in [0.4, 0.5) is 4.79 Å². The minimum Gasteiger partial charge on any atom is -0.324 e. The van der Waals surface area contributed by atoms with E-state index in [1.807, 2.05) is 9.80 Å². The molecule has 2 amide bonds. The topological polar surface area (TPSA) is 73.0 Å². The van der Waals surface area contributed by atoms with Crippen LogP contribution in [0.1, 0.15) is 12.8 Å². The molecular formula is C16H26N4O3S2. The third-order valence-corrected chi connectivity index (χ3v) is 7.71. The van der Waals surface area contributed by atoms with Crippen LogP contribution < -0.4 is 4.72 Å². The summed E-state index contributed by atoms with van der Waals surface area (Å²) in [4.78, 5) is 18.7. The minimum atomic E-state index is -3.43. The van der Waals surface area contributed by atoms with Crippen LogP contribution >= 0.6 is 11.3 Å². The lowest BCUT2D eigenvalue weighted by Crippen LogP contribution is -2.54. The predicted octanol–water partition coefficient (Wildman–Crippen LogP) is 1.11. The molecule has 9 heteroatoms. The molecule has 3 rings (SSSR count). The van der Waals surface area contributed by atoms with E-state index >= 15 is 0 Å². The van der Waals surface area contributed by atoms with E-state index in [0.717, 1.165) is 45.6 Å². The first-order valence-corrected chi connectivity index (χ1v) is 11.1. The fourth-order valence-electron chi connectivity index (χ4n) is 3.32. The quantitative estimate of drug-likeness (QED) is 0.841. The van der Waals surface area contributed by atoms with Crippen LogP contribution in [-0.2, 0) is 10.0 Å². The van der Waals surface area contributed by atoms with Gasteiger partial charge in [-0.1, -0.05) is 6.07 Å². The Bertz CT molecular complexity index is 670. The van der Waals surface area contributed by atoms with E-state index in [-0.39, 0.29) is 11.9 Å². The number of sulfonamides is 1. The second kappa shape index (κ2) is 8.03. The monoisotopic (exact) mass is 386 g/mol. The summed E-state index contributed by atoms with van der Waals surface area (Å²) in [7, 11) is -1.36. The average molecular weight is 387 g/mol. The van der Waals surface area contributed by atoms with Gasteiger partial charge >= 0.3 is 6.03 Å². The zero-order valence-corrected chi connectivity index (χ0v) is 16.2. The maximum absolute atomic E-state index is 12.7. The standard InChI is InChI=1S/C16H26N4O3S2/c1-18-7-9-19(10-8-18)16(21)20-6-2-4-14(13-20)12-17-25(22,23)15-5-3-11-24-15/h3,5,11,14,17H,2,4,6-10,12-13H2,1H3. The molecule has 0 spiro atoms. The largest absolute Gasteiger partial charge is 0.324 e. The summed E-state index contributed by atoms with van der Waals surface area (Å²) in [5.41, 5.74) is 0. The molecule has 0 radical (unpaired) electrons. The van der Waals surface area contributed by atoms with E-state index in [4.69, 9.17) is 0 Å². The number of thiophene rings is 1. The highest BCUT2D eigenvalue weighted by molar-refractivity contribution is 7.91. The highest BCUT2D eigenvalue weighted by Crippen LogP contribution is 2.20. The molecule has 1 unspecified atom stereocenters. The van der Waals surface area contributed by atoms with Crippen molar-refractivity contribution in [2.24, 2.45) is 5.92 Å². The molecule has 2 fully saturated rings. The lowest BCUT2D eigenvalue weighted by Gasteiger charge is -2.39. The molecule has 1 N–H and O–H groups in total. The van der Waals surface area contributed by atoms with Gasteiger partial charge in [-0.05, 0) is 37.3 Å². The van der Waals surface area contributed by atoms with Crippen molar-refractivity contribution < 1.29 is 13.2 Å². The number of rotatable bonds is 4. The van der Waals surface area contributed by atoms with E-state index in [2.05, 4.69) is 16.7 Å². The van der Waals surface area contributed by atoms with Gasteiger partial charge < -0.3 is 14.7 Å². The molecule has 1 aromatic heterocycles. The van der Waals surface area contributed by atoms with E-state index < -0.39 is 10.0 Å². The van der Waals surface area contributed by atoms with Gasteiger partial charge in [-0.25, -0.2) is 17.9 Å². The summed E-state index contributed by atoms with van der Waals surface area (Å²) < 4.78 is 27.5. The highest BCUT2D eigenvalue weighted by atomic mass is 32.2. The number of amides is 2. The predicted molar refractivity (Wildman–Crippen MR) is 98.3 cm³/mol. The smallest absolute Gasteiger partial charge is 0.320 e. The fraction of sp³-hybridized carbons (Fsp3) is 0.688. The van der Waals surface area contributed by atoms with Gasteiger partial charge in [0, 0.05) is 45.8 Å². The van der Waals surface area contributed by atoms with Crippen LogP contribution in [0.2, 0.25) is 0 Å². The lowest BCUT2D eigenvalue weighted by atomic mass is 9.98. The molecule has 1 aromatic rings. The van der Waals surface area contributed by atoms with Crippen molar-refractivity contribution in [2.45, 2.75) is 17.1 Å². The van der Waals surface area contributed by atoms with Crippen molar-refractivity contribution in [3.8, 4) is 0 Å². The zero-order valence-electron chi connectivity index (χ0n) is 14.6. The molecule has 140 valence electrons. The van der Waals surface area contributed by atoms with Gasteiger partial charge in [0.25, 0.3) is 0 Å². The van der Waals surface area contributed by atoms with E-state index in [0.29, 0.717) is 17.3 Å². The lowest BCUT2D eigenvalue weighted by molar-refractivity contribution is 0.106. The van der Waals surface area contributed by atoms with Crippen LogP contribution in [-0.4, -0.2) is 82.0 Å². The van der Waals surface area contributed by atoms with E-state index in [9.17, 15) is 13.2 Å². The van der Waals surface area contributed by atoms with Crippen molar-refractivity contribution in [3.05, 3.63) is 17.5 Å². The van der Waals surface area contributed by atoms with Crippen LogP contribution in [0, 0.1) is 5.92 Å². The molecule has 0 saturated carbocycles. The molecule has 1 atom stereocenters. The Kier molecular flexibility index (Phi) is 5.98. The number of carbonyl (C=O) groups excluding carboxylic acids is 1. The van der Waals surface area contributed by atoms with E-state index in [1.54, 1.807) is 17.5 Å². The van der Waals surface area contributed by atoms with E-state index in [1.165, 1.54) is 11.3 Å². The number of likely N-dealkylation sites (N-methyl/N-ethyl adjacent to an activating group) is 1. The van der Waals surface area contributed by atoms with Crippen molar-refractivity contribution in [2.75, 3.05) is 52.9 Å². The average Bonchev–Trinajstić information content (AvgIpc) is 3.16. The summed E-state index contributed by atoms with van der Waals surface area (Å²) in [5, 5.41) is 1.76. The first-order chi connectivity index (χ1) is 12.0. The molecule has 2 aliphatic heterocycles. The minimum absolute atomic E-state index is 0.0962.